The van der Waals surface area contributed by atoms with Gasteiger partial charge in [-0.15, -0.1) is 0 Å². The zero-order valence-electron chi connectivity index (χ0n) is 29.8. The van der Waals surface area contributed by atoms with E-state index in [4.69, 9.17) is 23.9 Å². The van der Waals surface area contributed by atoms with Crippen molar-refractivity contribution >= 4 is 28.9 Å². The lowest BCUT2D eigenvalue weighted by atomic mass is 9.85. The van der Waals surface area contributed by atoms with Crippen molar-refractivity contribution < 1.29 is 46.5 Å². The molecule has 0 radical (unpaired) electrons. The summed E-state index contributed by atoms with van der Waals surface area (Å²) >= 11 is 0. The number of nitrogens with zero attached hydrogens (tertiary/aromatic N) is 3. The lowest BCUT2D eigenvalue weighted by Gasteiger charge is -2.34. The number of pyridine rings is 1. The van der Waals surface area contributed by atoms with Crippen LogP contribution in [0.1, 0.15) is 77.7 Å². The molecule has 0 spiro atoms. The molecule has 2 bridgehead atoms. The van der Waals surface area contributed by atoms with Crippen molar-refractivity contribution in [3.63, 3.8) is 0 Å². The van der Waals surface area contributed by atoms with Crippen molar-refractivity contribution in [2.45, 2.75) is 115 Å². The van der Waals surface area contributed by atoms with Gasteiger partial charge in [0.05, 0.1) is 31.3 Å². The van der Waals surface area contributed by atoms with Crippen molar-refractivity contribution in [3.8, 4) is 11.6 Å². The third-order valence-electron chi connectivity index (χ3n) is 10.4. The number of amides is 2. The fourth-order valence-corrected chi connectivity index (χ4v) is 7.56. The largest absolute Gasteiger partial charge is 0.489 e. The maximum absolute atomic E-state index is 14.2. The quantitative estimate of drug-likeness (QED) is 0.391. The molecule has 4 heterocycles. The zero-order valence-corrected chi connectivity index (χ0v) is 29.8. The van der Waals surface area contributed by atoms with Crippen LogP contribution in [-0.4, -0.2) is 103 Å². The highest BCUT2D eigenvalue weighted by Crippen LogP contribution is 2.41. The van der Waals surface area contributed by atoms with Crippen LogP contribution in [0.2, 0.25) is 0 Å². The van der Waals surface area contributed by atoms with E-state index < -0.39 is 54.3 Å². The number of carbonyl (C=O) groups excluding carboxylic acids is 3. The first kappa shape index (κ1) is 37.0. The third kappa shape index (κ3) is 8.99. The fraction of sp³-hybridized carbons (Fsp3) is 0.676. The smallest absolute Gasteiger partial charge is 0.408 e. The molecular weight excluding hydrogens is 669 g/mol. The Bertz CT molecular complexity index is 1590. The number of hydrogen-bond donors (Lipinski definition) is 1. The van der Waals surface area contributed by atoms with Gasteiger partial charge in [0.2, 0.25) is 11.8 Å². The first-order chi connectivity index (χ1) is 24.2. The zero-order chi connectivity index (χ0) is 36.5. The monoisotopic (exact) mass is 718 g/mol. The van der Waals surface area contributed by atoms with Crippen molar-refractivity contribution in [2.24, 2.45) is 11.3 Å². The molecule has 5 unspecified atom stereocenters. The minimum atomic E-state index is -4.26. The highest BCUT2D eigenvalue weighted by Gasteiger charge is 2.48. The van der Waals surface area contributed by atoms with Crippen LogP contribution in [0.15, 0.2) is 24.3 Å². The van der Waals surface area contributed by atoms with Gasteiger partial charge in [0.1, 0.15) is 36.1 Å². The highest BCUT2D eigenvalue weighted by molar-refractivity contribution is 5.91. The molecule has 1 N–H and O–H groups in total. The summed E-state index contributed by atoms with van der Waals surface area (Å²) in [5.41, 5.74) is 0.690. The van der Waals surface area contributed by atoms with Gasteiger partial charge >= 0.3 is 18.2 Å². The number of para-hydroxylation sites is 1. The van der Waals surface area contributed by atoms with Crippen molar-refractivity contribution in [2.75, 3.05) is 33.3 Å². The molecule has 1 aromatic carbocycles. The van der Waals surface area contributed by atoms with Gasteiger partial charge in [-0.1, -0.05) is 45.7 Å². The van der Waals surface area contributed by atoms with Crippen LogP contribution in [-0.2, 0) is 25.5 Å². The summed E-state index contributed by atoms with van der Waals surface area (Å²) in [5, 5.41) is 3.58. The first-order valence-electron chi connectivity index (χ1n) is 18.1. The molecule has 2 saturated heterocycles. The first-order valence-corrected chi connectivity index (χ1v) is 18.1. The minimum absolute atomic E-state index is 0.0500. The van der Waals surface area contributed by atoms with Crippen molar-refractivity contribution in [1.82, 2.24) is 20.1 Å². The number of carbonyl (C=O) groups is 3. The summed E-state index contributed by atoms with van der Waals surface area (Å²) in [6.45, 7) is 5.17. The molecule has 1 aromatic heterocycles. The van der Waals surface area contributed by atoms with Crippen LogP contribution in [0.25, 0.3) is 10.9 Å². The number of piperidine rings is 1. The van der Waals surface area contributed by atoms with Gasteiger partial charge in [-0.05, 0) is 62.0 Å². The molecule has 11 nitrogen and oxygen atoms in total. The number of alkyl carbamates (subject to hydrolysis) is 1. The summed E-state index contributed by atoms with van der Waals surface area (Å²) in [4.78, 5) is 48.0. The van der Waals surface area contributed by atoms with Gasteiger partial charge in [-0.25, -0.2) is 14.6 Å². The Morgan fingerprint density at radius 2 is 1.76 bits per heavy atom. The number of likely N-dealkylation sites (tertiary alicyclic amines) is 1. The van der Waals surface area contributed by atoms with Crippen LogP contribution in [0.3, 0.4) is 0 Å². The Morgan fingerprint density at radius 3 is 2.47 bits per heavy atom. The van der Waals surface area contributed by atoms with Gasteiger partial charge in [0.15, 0.2) is 0 Å². The predicted octanol–water partition coefficient (Wildman–Crippen LogP) is 5.81. The number of esters is 1. The summed E-state index contributed by atoms with van der Waals surface area (Å²) in [5.74, 6) is 0.176. The molecule has 6 rings (SSSR count). The molecule has 1 aliphatic carbocycles. The van der Waals surface area contributed by atoms with Gasteiger partial charge in [0, 0.05) is 24.9 Å². The number of aromatic nitrogens is 1. The number of methoxy groups -OCH3 is 1. The minimum Gasteiger partial charge on any atom is -0.489 e. The standard InChI is InChI=1S/C37H49F3N4O7/c1-36(2,3)31-33(45)44-20-24(19-28(44)34(46)48-4)50-32-26(12-7-5-6-10-22-18-29(22)51-35(47)42-31)30(25-11-8-9-13-27(25)41-32)49-23-14-16-43(17-15-23)21-37(38,39)40/h8-9,11,13,22-24,28-29,31H,5-7,10,12,14-21H2,1-4H3,(H,42,47). The Balaban J connectivity index is 1.33. The van der Waals surface area contributed by atoms with Crippen molar-refractivity contribution in [3.05, 3.63) is 29.8 Å². The number of nitrogens with one attached hydrogen (secondary N) is 1. The third-order valence-corrected chi connectivity index (χ3v) is 10.4. The van der Waals surface area contributed by atoms with Crippen LogP contribution in [0.4, 0.5) is 18.0 Å². The average Bonchev–Trinajstić information content (AvgIpc) is 3.66. The molecule has 2 aromatic rings. The van der Waals surface area contributed by atoms with E-state index >= 15 is 0 Å². The maximum Gasteiger partial charge on any atom is 0.408 e. The van der Waals surface area contributed by atoms with Crippen LogP contribution < -0.4 is 14.8 Å². The molecule has 280 valence electrons. The molecule has 5 atom stereocenters. The Hall–Kier alpha value is -3.81. The maximum atomic E-state index is 14.2. The molecule has 51 heavy (non-hydrogen) atoms. The number of hydrogen-bond acceptors (Lipinski definition) is 9. The van der Waals surface area contributed by atoms with Gasteiger partial charge in [0.25, 0.3) is 0 Å². The Morgan fingerprint density at radius 1 is 1.02 bits per heavy atom. The topological polar surface area (TPSA) is 120 Å². The van der Waals surface area contributed by atoms with E-state index in [0.29, 0.717) is 36.4 Å². The number of fused-ring (bicyclic) bond motifs is 5. The van der Waals surface area contributed by atoms with Gasteiger partial charge in [-0.3, -0.25) is 9.69 Å². The fourth-order valence-electron chi connectivity index (χ4n) is 7.56. The molecule has 14 heteroatoms. The Labute approximate surface area is 296 Å². The number of benzene rings is 1. The lowest BCUT2D eigenvalue weighted by molar-refractivity contribution is -0.152. The average molecular weight is 719 g/mol. The van der Waals surface area contributed by atoms with E-state index in [1.165, 1.54) is 16.9 Å². The molecule has 2 amide bonds. The van der Waals surface area contributed by atoms with Crippen LogP contribution in [0, 0.1) is 11.3 Å². The van der Waals surface area contributed by atoms with E-state index in [1.54, 1.807) is 0 Å². The van der Waals surface area contributed by atoms with E-state index in [2.05, 4.69) is 5.32 Å². The van der Waals surface area contributed by atoms with Gasteiger partial charge < -0.3 is 29.2 Å². The Kier molecular flexibility index (Phi) is 10.9. The number of ether oxygens (including phenoxy) is 4. The predicted molar refractivity (Wildman–Crippen MR) is 181 cm³/mol. The van der Waals surface area contributed by atoms with Gasteiger partial charge in [-0.2, -0.15) is 13.2 Å². The summed E-state index contributed by atoms with van der Waals surface area (Å²) in [7, 11) is 1.27. The number of alkyl halides is 3. The van der Waals surface area contributed by atoms with Crippen LogP contribution in [0.5, 0.6) is 11.6 Å². The molecule has 3 fully saturated rings. The van der Waals surface area contributed by atoms with E-state index in [-0.39, 0.29) is 44.2 Å². The van der Waals surface area contributed by atoms with E-state index in [1.807, 2.05) is 45.0 Å². The molecule has 1 saturated carbocycles. The molecule has 4 aliphatic rings. The van der Waals surface area contributed by atoms with E-state index in [0.717, 1.165) is 43.1 Å². The summed E-state index contributed by atoms with van der Waals surface area (Å²) in [6, 6.07) is 5.61. The van der Waals surface area contributed by atoms with Crippen molar-refractivity contribution in [1.29, 1.82) is 0 Å². The normalized spacial score (nSPS) is 27.3. The highest BCUT2D eigenvalue weighted by atomic mass is 19.4. The SMILES string of the molecule is COC(=O)C1CC2CN1C(=O)C(C(C)(C)C)NC(=O)OC1CC1CCCCCc1c(nc3ccccc3c1OC1CCN(CC(F)(F)F)CC1)O2. The van der Waals surface area contributed by atoms with Crippen LogP contribution >= 0.6 is 0 Å². The second kappa shape index (κ2) is 15.0. The summed E-state index contributed by atoms with van der Waals surface area (Å²) < 4.78 is 63.4. The molecular formula is C37H49F3N4O7. The molecule has 3 aliphatic heterocycles. The second-order valence-corrected chi connectivity index (χ2v) is 15.4. The van der Waals surface area contributed by atoms with E-state index in [9.17, 15) is 27.6 Å². The summed E-state index contributed by atoms with van der Waals surface area (Å²) in [6.07, 6.45) is -0.142. The lowest BCUT2D eigenvalue weighted by Crippen LogP contribution is -2.57. The number of halogens is 3. The second-order valence-electron chi connectivity index (χ2n) is 15.4. The number of rotatable bonds is 4.